The van der Waals surface area contributed by atoms with Crippen LogP contribution in [0, 0.1) is 0 Å². The van der Waals surface area contributed by atoms with Gasteiger partial charge in [-0.2, -0.15) is 0 Å². The van der Waals surface area contributed by atoms with Crippen molar-refractivity contribution in [3.8, 4) is 5.75 Å². The predicted molar refractivity (Wildman–Crippen MR) is 166 cm³/mol. The standard InChI is InChI=1S/C27H39Cl2N6O4P/c1-7-25(36)31-22-13-21(18(28)12-23(22)39-17(16-38-4)15-35(2)3)33-27-30-14-19(29)26(34-27)32-20-10-8-9-11-24(20)40(5,6)37/h7-13,17,19,26-27,30,32-34H,1,14-16H2,2-6H3,(H,31,36). The van der Waals surface area contributed by atoms with Crippen LogP contribution in [0.25, 0.3) is 0 Å². The van der Waals surface area contributed by atoms with Crippen LogP contribution >= 0.6 is 30.3 Å². The smallest absolute Gasteiger partial charge is 0.247 e. The molecule has 3 rings (SSSR count). The van der Waals surface area contributed by atoms with Crippen molar-refractivity contribution in [3.05, 3.63) is 54.1 Å². The molecule has 40 heavy (non-hydrogen) atoms. The number of hydrogen-bond acceptors (Lipinski definition) is 9. The molecule has 13 heteroatoms. The summed E-state index contributed by atoms with van der Waals surface area (Å²) in [5.41, 5.74) is 1.73. The predicted octanol–water partition coefficient (Wildman–Crippen LogP) is 3.60. The van der Waals surface area contributed by atoms with Gasteiger partial charge in [-0.15, -0.1) is 11.6 Å². The summed E-state index contributed by atoms with van der Waals surface area (Å²) in [7, 11) is 2.96. The summed E-state index contributed by atoms with van der Waals surface area (Å²) in [5, 5.41) is 17.1. The Labute approximate surface area is 246 Å². The average Bonchev–Trinajstić information content (AvgIpc) is 2.88. The Hall–Kier alpha value is -2.30. The molecule has 0 bridgehead atoms. The molecule has 2 aromatic carbocycles. The number of anilines is 3. The number of amides is 1. The molecule has 1 aliphatic rings. The number of para-hydroxylation sites is 1. The number of carbonyl (C=O) groups excluding carboxylic acids is 1. The first-order chi connectivity index (χ1) is 18.9. The lowest BCUT2D eigenvalue weighted by atomic mass is 10.2. The second-order valence-electron chi connectivity index (χ2n) is 10.1. The molecule has 5 N–H and O–H groups in total. The van der Waals surface area contributed by atoms with Crippen LogP contribution in [0.1, 0.15) is 0 Å². The molecule has 0 saturated carbocycles. The molecular weight excluding hydrogens is 574 g/mol. The third kappa shape index (κ3) is 9.11. The fourth-order valence-corrected chi connectivity index (χ4v) is 5.84. The number of rotatable bonds is 13. The lowest BCUT2D eigenvalue weighted by Gasteiger charge is -2.37. The SMILES string of the molecule is C=CC(=O)Nc1cc(NC2NCC(Cl)C(Nc3ccccc3P(C)(C)=O)N2)c(Cl)cc1OC(COC)CN(C)C. The molecular formula is C27H39Cl2N6O4P. The van der Waals surface area contributed by atoms with E-state index >= 15 is 0 Å². The number of ether oxygens (including phenoxy) is 2. The average molecular weight is 614 g/mol. The molecule has 4 atom stereocenters. The molecule has 1 fully saturated rings. The summed E-state index contributed by atoms with van der Waals surface area (Å²) < 4.78 is 24.3. The van der Waals surface area contributed by atoms with E-state index in [0.717, 1.165) is 11.0 Å². The highest BCUT2D eigenvalue weighted by atomic mass is 35.5. The number of nitrogens with zero attached hydrogens (tertiary/aromatic N) is 1. The summed E-state index contributed by atoms with van der Waals surface area (Å²) in [6.45, 7) is 8.44. The monoisotopic (exact) mass is 612 g/mol. The lowest BCUT2D eigenvalue weighted by molar-refractivity contribution is -0.111. The van der Waals surface area contributed by atoms with E-state index in [-0.39, 0.29) is 23.6 Å². The van der Waals surface area contributed by atoms with Crippen LogP contribution in [-0.4, -0.2) is 89.0 Å². The van der Waals surface area contributed by atoms with Crippen molar-refractivity contribution in [2.45, 2.75) is 23.9 Å². The van der Waals surface area contributed by atoms with E-state index in [1.54, 1.807) is 32.6 Å². The van der Waals surface area contributed by atoms with Crippen molar-refractivity contribution in [2.24, 2.45) is 0 Å². The summed E-state index contributed by atoms with van der Waals surface area (Å²) in [6.07, 6.45) is 0.0996. The quantitative estimate of drug-likeness (QED) is 0.131. The fraction of sp³-hybridized carbons (Fsp3) is 0.444. The minimum atomic E-state index is -2.51. The minimum absolute atomic E-state index is 0.298. The Morgan fingerprint density at radius 2 is 1.95 bits per heavy atom. The molecule has 0 spiro atoms. The Balaban J connectivity index is 1.82. The Morgan fingerprint density at radius 3 is 2.60 bits per heavy atom. The van der Waals surface area contributed by atoms with Crippen LogP contribution in [-0.2, 0) is 14.1 Å². The number of hydrogen-bond donors (Lipinski definition) is 5. The van der Waals surface area contributed by atoms with Gasteiger partial charge in [-0.3, -0.25) is 15.4 Å². The third-order valence-electron chi connectivity index (χ3n) is 6.05. The van der Waals surface area contributed by atoms with Crippen molar-refractivity contribution < 1.29 is 18.8 Å². The van der Waals surface area contributed by atoms with Crippen molar-refractivity contribution in [2.75, 3.05) is 70.2 Å². The first-order valence-electron chi connectivity index (χ1n) is 12.8. The van der Waals surface area contributed by atoms with E-state index in [1.165, 1.54) is 6.08 Å². The van der Waals surface area contributed by atoms with Crippen LogP contribution in [0.15, 0.2) is 49.1 Å². The fourth-order valence-electron chi connectivity index (χ4n) is 4.25. The van der Waals surface area contributed by atoms with Gasteiger partial charge in [-0.25, -0.2) is 0 Å². The molecule has 4 unspecified atom stereocenters. The van der Waals surface area contributed by atoms with Gasteiger partial charge in [-0.1, -0.05) is 30.3 Å². The van der Waals surface area contributed by atoms with Crippen molar-refractivity contribution >= 4 is 58.6 Å². The zero-order valence-corrected chi connectivity index (χ0v) is 25.9. The number of nitrogens with one attached hydrogen (secondary N) is 5. The van der Waals surface area contributed by atoms with E-state index in [0.29, 0.717) is 41.8 Å². The zero-order valence-electron chi connectivity index (χ0n) is 23.5. The van der Waals surface area contributed by atoms with Gasteiger partial charge in [0.25, 0.3) is 0 Å². The van der Waals surface area contributed by atoms with Gasteiger partial charge in [0.1, 0.15) is 25.3 Å². The van der Waals surface area contributed by atoms with Gasteiger partial charge >= 0.3 is 0 Å². The molecule has 1 amide bonds. The lowest BCUT2D eigenvalue weighted by Crippen LogP contribution is -2.64. The maximum Gasteiger partial charge on any atom is 0.247 e. The normalized spacial score (nSPS) is 20.1. The van der Waals surface area contributed by atoms with Gasteiger partial charge < -0.3 is 34.9 Å². The van der Waals surface area contributed by atoms with Crippen LogP contribution in [0.3, 0.4) is 0 Å². The van der Waals surface area contributed by atoms with Crippen molar-refractivity contribution in [3.63, 3.8) is 0 Å². The molecule has 0 radical (unpaired) electrons. The minimum Gasteiger partial charge on any atom is -0.484 e. The number of alkyl halides is 1. The second kappa shape index (κ2) is 14.5. The van der Waals surface area contributed by atoms with E-state index in [4.69, 9.17) is 32.7 Å². The molecule has 0 aromatic heterocycles. The summed E-state index contributed by atoms with van der Waals surface area (Å²) >= 11 is 13.3. The van der Waals surface area contributed by atoms with Gasteiger partial charge in [0.15, 0.2) is 0 Å². The molecule has 220 valence electrons. The third-order valence-corrected chi connectivity index (χ3v) is 8.32. The van der Waals surface area contributed by atoms with E-state index in [2.05, 4.69) is 33.2 Å². The topological polar surface area (TPSA) is 116 Å². The summed E-state index contributed by atoms with van der Waals surface area (Å²) in [5.74, 6) is 0.0136. The number of benzene rings is 2. The van der Waals surface area contributed by atoms with Crippen LogP contribution in [0.2, 0.25) is 5.02 Å². The summed E-state index contributed by atoms with van der Waals surface area (Å²) in [6, 6.07) is 10.9. The van der Waals surface area contributed by atoms with Gasteiger partial charge in [0.05, 0.1) is 34.5 Å². The number of likely N-dealkylation sites (N-methyl/N-ethyl adjacent to an activating group) is 1. The maximum atomic E-state index is 12.8. The van der Waals surface area contributed by atoms with E-state index in [9.17, 15) is 9.36 Å². The van der Waals surface area contributed by atoms with Crippen LogP contribution < -0.4 is 36.6 Å². The van der Waals surface area contributed by atoms with Crippen LogP contribution in [0.5, 0.6) is 5.75 Å². The molecule has 0 aliphatic carbocycles. The number of methoxy groups -OCH3 is 1. The van der Waals surface area contributed by atoms with Gasteiger partial charge in [0.2, 0.25) is 5.91 Å². The number of halogens is 2. The highest BCUT2D eigenvalue weighted by Crippen LogP contribution is 2.38. The molecule has 1 heterocycles. The van der Waals surface area contributed by atoms with Gasteiger partial charge in [-0.05, 0) is 51.7 Å². The van der Waals surface area contributed by atoms with Gasteiger partial charge in [0, 0.05) is 37.3 Å². The van der Waals surface area contributed by atoms with Crippen molar-refractivity contribution in [1.29, 1.82) is 0 Å². The first kappa shape index (κ1) is 32.2. The first-order valence-corrected chi connectivity index (χ1v) is 16.2. The molecule has 1 aliphatic heterocycles. The second-order valence-corrected chi connectivity index (χ2v) is 14.3. The summed E-state index contributed by atoms with van der Waals surface area (Å²) in [4.78, 5) is 14.2. The van der Waals surface area contributed by atoms with Crippen molar-refractivity contribution in [1.82, 2.24) is 15.5 Å². The van der Waals surface area contributed by atoms with E-state index < -0.39 is 13.4 Å². The highest BCUT2D eigenvalue weighted by Gasteiger charge is 2.30. The highest BCUT2D eigenvalue weighted by molar-refractivity contribution is 7.70. The Morgan fingerprint density at radius 1 is 1.23 bits per heavy atom. The Kier molecular flexibility index (Phi) is 11.7. The molecule has 2 aromatic rings. The zero-order chi connectivity index (χ0) is 29.4. The molecule has 1 saturated heterocycles. The Bertz CT molecular complexity index is 1230. The van der Waals surface area contributed by atoms with E-state index in [1.807, 2.05) is 43.3 Å². The number of carbonyl (C=O) groups is 1. The maximum absolute atomic E-state index is 12.8. The van der Waals surface area contributed by atoms with Crippen LogP contribution in [0.4, 0.5) is 17.1 Å². The molecule has 10 nitrogen and oxygen atoms in total. The largest absolute Gasteiger partial charge is 0.484 e.